The van der Waals surface area contributed by atoms with E-state index in [1.54, 1.807) is 0 Å². The summed E-state index contributed by atoms with van der Waals surface area (Å²) in [6.07, 6.45) is 5.19. The second-order valence-corrected chi connectivity index (χ2v) is 47.7. The summed E-state index contributed by atoms with van der Waals surface area (Å²) in [5, 5.41) is 0. The van der Waals surface area contributed by atoms with Gasteiger partial charge < -0.3 is 79.7 Å². The van der Waals surface area contributed by atoms with Gasteiger partial charge in [0, 0.05) is 273 Å². The molecule has 8 bridgehead atoms. The Kier molecular flexibility index (Phi) is 58.5. The van der Waals surface area contributed by atoms with E-state index in [0.29, 0.717) is 119 Å². The molecular formula is C90H174N8O18Si6. The molecule has 26 nitrogen and oxygen atoms in total. The Morgan fingerprint density at radius 3 is 0.426 bits per heavy atom. The summed E-state index contributed by atoms with van der Waals surface area (Å²) in [4.78, 5) is 21.7. The van der Waals surface area contributed by atoms with Crippen LogP contribution < -0.4 is 0 Å². The first-order chi connectivity index (χ1) is 59.4. The monoisotopic (exact) mass is 1820 g/mol. The summed E-state index contributed by atoms with van der Waals surface area (Å²) in [6, 6.07) is 32.8. The van der Waals surface area contributed by atoms with Gasteiger partial charge in [-0.3, -0.25) is 39.2 Å². The van der Waals surface area contributed by atoms with Crippen molar-refractivity contribution >= 4 is 52.8 Å². The van der Waals surface area contributed by atoms with Crippen LogP contribution in [0.2, 0.25) is 36.3 Å². The van der Waals surface area contributed by atoms with Gasteiger partial charge in [-0.25, -0.2) is 0 Å². The van der Waals surface area contributed by atoms with Gasteiger partial charge >= 0.3 is 52.8 Å². The highest BCUT2D eigenvalue weighted by atomic mass is 28.4. The molecule has 3 aliphatic rings. The van der Waals surface area contributed by atoms with Crippen molar-refractivity contribution in [3.8, 4) is 0 Å². The summed E-state index contributed by atoms with van der Waals surface area (Å²) in [7, 11) is -17.9. The first-order valence-electron chi connectivity index (χ1n) is 47.9. The number of nitrogens with zero attached hydrogens (tertiary/aromatic N) is 8. The second-order valence-electron chi connectivity index (χ2n) is 31.3. The van der Waals surface area contributed by atoms with Crippen LogP contribution in [0.15, 0.2) is 72.8 Å². The van der Waals surface area contributed by atoms with Gasteiger partial charge in [-0.1, -0.05) is 72.8 Å². The lowest BCUT2D eigenvalue weighted by Gasteiger charge is -2.34. The number of fused-ring (bicyclic) bond motifs is 18. The summed E-state index contributed by atoms with van der Waals surface area (Å²) < 4.78 is 118. The molecule has 3 aromatic rings. The second kappa shape index (κ2) is 64.7. The summed E-state index contributed by atoms with van der Waals surface area (Å²) in [5.41, 5.74) is 7.77. The van der Waals surface area contributed by atoms with Crippen LogP contribution >= 0.6 is 0 Å². The fraction of sp³-hybridized carbons (Fsp3) is 0.800. The van der Waals surface area contributed by atoms with Crippen molar-refractivity contribution in [1.29, 1.82) is 0 Å². The largest absolute Gasteiger partial charge is 0.500 e. The van der Waals surface area contributed by atoms with E-state index in [-0.39, 0.29) is 0 Å². The zero-order valence-electron chi connectivity index (χ0n) is 80.0. The van der Waals surface area contributed by atoms with Gasteiger partial charge in [-0.15, -0.1) is 0 Å². The van der Waals surface area contributed by atoms with E-state index in [4.69, 9.17) is 79.7 Å². The van der Waals surface area contributed by atoms with Gasteiger partial charge in [-0.05, 0) is 236 Å². The van der Waals surface area contributed by atoms with E-state index in [9.17, 15) is 0 Å². The van der Waals surface area contributed by atoms with Crippen molar-refractivity contribution in [2.45, 2.75) is 239 Å². The summed E-state index contributed by atoms with van der Waals surface area (Å²) >= 11 is 0. The van der Waals surface area contributed by atoms with Crippen LogP contribution in [-0.2, 0) is 119 Å². The molecule has 3 aromatic carbocycles. The summed E-state index contributed by atoms with van der Waals surface area (Å²) in [5.74, 6) is 0. The number of hydrogen-bond acceptors (Lipinski definition) is 26. The minimum Gasteiger partial charge on any atom is -0.374 e. The van der Waals surface area contributed by atoms with Gasteiger partial charge in [0.2, 0.25) is 0 Å². The smallest absolute Gasteiger partial charge is 0.374 e. The molecule has 0 spiro atoms. The molecule has 0 saturated heterocycles. The highest BCUT2D eigenvalue weighted by molar-refractivity contribution is 6.62. The topological polar surface area (TPSA) is 192 Å². The molecule has 0 atom stereocenters. The van der Waals surface area contributed by atoms with E-state index >= 15 is 0 Å². The standard InChI is InChI=1S/C90H174N8O18Si6/c1-19-99-117(100-20-2,101-21-3)70-40-52-93-64-58-91-59-65-94(53-41-71-118(102-22-4,103-23-5)104-24-6)81-87-48-38-50-89(77-87)83-97(56-44-74-121(111-31-13,112-32-14)113-33-15)68-62-92(61-67-96(80-86-47-37-46-85(76-86)79-93)55-43-73-120(108-28-10,109-29-11)110-30-12)63-69-98(57-45-75-122(114-34-16,115-35-17)116-36-18)84-90-51-39-49-88(78-90)82-95(66-60-91)54-42-72-119(105-25-7,106-26-8)107-27-9/h37-39,46-51,76-78H,19-36,40-45,52-75,79-84H2,1-18H3. The van der Waals surface area contributed by atoms with Crippen molar-refractivity contribution in [2.75, 3.05) is 237 Å². The van der Waals surface area contributed by atoms with Crippen molar-refractivity contribution in [3.63, 3.8) is 0 Å². The van der Waals surface area contributed by atoms with E-state index in [2.05, 4.69) is 237 Å². The van der Waals surface area contributed by atoms with Gasteiger partial charge in [0.05, 0.1) is 0 Å². The Hall–Kier alpha value is -2.08. The highest BCUT2D eigenvalue weighted by Crippen LogP contribution is 2.28. The maximum atomic E-state index is 6.55. The minimum absolute atomic E-state index is 0.539. The van der Waals surface area contributed by atoms with Gasteiger partial charge in [0.1, 0.15) is 0 Å². The predicted molar refractivity (Wildman–Crippen MR) is 504 cm³/mol. The fourth-order valence-electron chi connectivity index (χ4n) is 17.1. The van der Waals surface area contributed by atoms with Crippen LogP contribution in [0.5, 0.6) is 0 Å². The molecule has 0 fully saturated rings. The fourth-order valence-corrected chi connectivity index (χ4v) is 32.7. The Morgan fingerprint density at radius 1 is 0.189 bits per heavy atom. The lowest BCUT2D eigenvalue weighted by Crippen LogP contribution is -2.47. The molecular weight excluding hydrogens is 1650 g/mol. The first kappa shape index (κ1) is 110. The number of benzene rings is 3. The van der Waals surface area contributed by atoms with E-state index in [1.165, 1.54) is 33.4 Å². The molecule has 0 saturated carbocycles. The zero-order chi connectivity index (χ0) is 88.5. The molecule has 3 aliphatic heterocycles. The lowest BCUT2D eigenvalue weighted by molar-refractivity contribution is 0.0682. The average Bonchev–Trinajstić information content (AvgIpc) is 0.873. The Balaban J connectivity index is 1.85. The molecule has 32 heteroatoms. The lowest BCUT2D eigenvalue weighted by atomic mass is 10.1. The first-order valence-corrected chi connectivity index (χ1v) is 59.5. The molecule has 0 radical (unpaired) electrons. The van der Waals surface area contributed by atoms with Gasteiger partial charge in [-0.2, -0.15) is 0 Å². The molecule has 0 unspecified atom stereocenters. The highest BCUT2D eigenvalue weighted by Gasteiger charge is 2.45. The molecule has 3 heterocycles. The quantitative estimate of drug-likeness (QED) is 0.0484. The molecule has 0 amide bonds. The maximum absolute atomic E-state index is 6.55. The normalized spacial score (nSPS) is 17.8. The van der Waals surface area contributed by atoms with Crippen LogP contribution in [0.4, 0.5) is 0 Å². The predicted octanol–water partition coefficient (Wildman–Crippen LogP) is 15.2. The molecule has 6 rings (SSSR count). The number of hydrogen-bond donors (Lipinski definition) is 0. The Morgan fingerprint density at radius 2 is 0.311 bits per heavy atom. The van der Waals surface area contributed by atoms with Crippen LogP contribution in [0, 0.1) is 0 Å². The summed E-state index contributed by atoms with van der Waals surface area (Å²) in [6.45, 7) is 66.6. The van der Waals surface area contributed by atoms with Crippen molar-refractivity contribution in [1.82, 2.24) is 39.2 Å². The zero-order valence-corrected chi connectivity index (χ0v) is 86.0. The third-order valence-electron chi connectivity index (χ3n) is 22.1. The molecule has 0 N–H and O–H groups in total. The van der Waals surface area contributed by atoms with E-state index in [0.717, 1.165) is 232 Å². The third-order valence-corrected chi connectivity index (χ3v) is 41.0. The maximum Gasteiger partial charge on any atom is 0.500 e. The van der Waals surface area contributed by atoms with Gasteiger partial charge in [0.15, 0.2) is 0 Å². The SMILES string of the molecule is CCO[Si](CCCN1CCN2CCN(CCC[Si](OCC)(OCC)OCC)Cc3cccc(c3)CN(CCC[Si](OCC)(OCC)OCC)CCN(CCN(CCC[Si](OCC)(OCC)OCC)Cc3cccc(c3)C1)CCN(CCC[Si](OCC)(OCC)OCC)Cc1cccc(c1)CN(CCC[Si](OCC)(OCC)OCC)CC2)(OCC)OCC. The van der Waals surface area contributed by atoms with Crippen molar-refractivity contribution < 1.29 is 79.7 Å². The van der Waals surface area contributed by atoms with Crippen LogP contribution in [0.1, 0.15) is 197 Å². The molecule has 122 heavy (non-hydrogen) atoms. The molecule has 0 aliphatic carbocycles. The Bertz CT molecular complexity index is 2500. The number of rotatable bonds is 60. The molecule has 0 aromatic heterocycles. The van der Waals surface area contributed by atoms with Crippen LogP contribution in [-0.4, -0.2) is 329 Å². The van der Waals surface area contributed by atoms with Crippen LogP contribution in [0.25, 0.3) is 0 Å². The van der Waals surface area contributed by atoms with Crippen molar-refractivity contribution in [2.24, 2.45) is 0 Å². The Labute approximate surface area is 748 Å². The van der Waals surface area contributed by atoms with Crippen molar-refractivity contribution in [3.05, 3.63) is 106 Å². The molecule has 706 valence electrons. The average molecular weight is 1820 g/mol. The minimum atomic E-state index is -2.98. The third kappa shape index (κ3) is 42.0. The van der Waals surface area contributed by atoms with E-state index < -0.39 is 52.8 Å². The van der Waals surface area contributed by atoms with Gasteiger partial charge in [0.25, 0.3) is 0 Å². The van der Waals surface area contributed by atoms with Crippen LogP contribution in [0.3, 0.4) is 0 Å². The van der Waals surface area contributed by atoms with E-state index in [1.807, 2.05) is 0 Å².